The second-order valence-corrected chi connectivity index (χ2v) is 4.57. The quantitative estimate of drug-likeness (QED) is 0.860. The third-order valence-corrected chi connectivity index (χ3v) is 3.15. The standard InChI is InChI=1S/C13H16F3N/c14-11-5-3-4-10(8-11)9-13(15,16)12-6-1-2-7-17-12/h3-5,8,12,17H,1-2,6-7,9H2. The van der Waals surface area contributed by atoms with Crippen molar-refractivity contribution in [1.29, 1.82) is 0 Å². The molecule has 1 saturated heterocycles. The Hall–Kier alpha value is -1.03. The summed E-state index contributed by atoms with van der Waals surface area (Å²) in [5, 5.41) is 2.85. The van der Waals surface area contributed by atoms with E-state index in [9.17, 15) is 13.2 Å². The van der Waals surface area contributed by atoms with Crippen molar-refractivity contribution in [2.75, 3.05) is 6.54 Å². The summed E-state index contributed by atoms with van der Waals surface area (Å²) in [4.78, 5) is 0. The summed E-state index contributed by atoms with van der Waals surface area (Å²) in [6.07, 6.45) is 1.87. The first-order valence-electron chi connectivity index (χ1n) is 5.93. The van der Waals surface area contributed by atoms with Crippen molar-refractivity contribution in [3.05, 3.63) is 35.6 Å². The van der Waals surface area contributed by atoms with Gasteiger partial charge in [0, 0.05) is 6.42 Å². The molecule has 1 unspecified atom stereocenters. The van der Waals surface area contributed by atoms with Crippen LogP contribution in [-0.2, 0) is 6.42 Å². The van der Waals surface area contributed by atoms with E-state index >= 15 is 0 Å². The molecule has 0 aliphatic carbocycles. The van der Waals surface area contributed by atoms with Gasteiger partial charge in [0.2, 0.25) is 0 Å². The minimum absolute atomic E-state index is 0.349. The van der Waals surface area contributed by atoms with Crippen molar-refractivity contribution >= 4 is 0 Å². The van der Waals surface area contributed by atoms with Gasteiger partial charge < -0.3 is 5.32 Å². The SMILES string of the molecule is Fc1cccc(CC(F)(F)C2CCCCN2)c1. The molecule has 1 heterocycles. The van der Waals surface area contributed by atoms with E-state index in [0.29, 0.717) is 18.5 Å². The predicted molar refractivity (Wildman–Crippen MR) is 60.7 cm³/mol. The largest absolute Gasteiger partial charge is 0.309 e. The number of benzene rings is 1. The zero-order valence-corrected chi connectivity index (χ0v) is 9.56. The maximum atomic E-state index is 13.9. The summed E-state index contributed by atoms with van der Waals surface area (Å²) in [6, 6.07) is 4.67. The van der Waals surface area contributed by atoms with Crippen LogP contribution in [0.2, 0.25) is 0 Å². The van der Waals surface area contributed by atoms with Crippen molar-refractivity contribution in [1.82, 2.24) is 5.32 Å². The van der Waals surface area contributed by atoms with Crippen molar-refractivity contribution in [2.45, 2.75) is 37.6 Å². The lowest BCUT2D eigenvalue weighted by atomic mass is 9.94. The molecule has 94 valence electrons. The highest BCUT2D eigenvalue weighted by Gasteiger charge is 2.39. The van der Waals surface area contributed by atoms with Gasteiger partial charge in [-0.05, 0) is 37.1 Å². The first kappa shape index (κ1) is 12.4. The van der Waals surface area contributed by atoms with Gasteiger partial charge in [-0.3, -0.25) is 0 Å². The van der Waals surface area contributed by atoms with Gasteiger partial charge in [-0.1, -0.05) is 18.6 Å². The molecular weight excluding hydrogens is 227 g/mol. The average molecular weight is 243 g/mol. The van der Waals surface area contributed by atoms with Crippen molar-refractivity contribution < 1.29 is 13.2 Å². The molecule has 2 rings (SSSR count). The maximum Gasteiger partial charge on any atom is 0.267 e. The van der Waals surface area contributed by atoms with Gasteiger partial charge in [0.15, 0.2) is 0 Å². The fourth-order valence-electron chi connectivity index (χ4n) is 2.25. The second kappa shape index (κ2) is 5.08. The molecule has 1 fully saturated rings. The number of nitrogens with one attached hydrogen (secondary N) is 1. The summed E-state index contributed by atoms with van der Waals surface area (Å²) in [5.74, 6) is -3.27. The van der Waals surface area contributed by atoms with E-state index in [1.807, 2.05) is 0 Å². The van der Waals surface area contributed by atoms with Gasteiger partial charge in [-0.15, -0.1) is 0 Å². The molecule has 1 N–H and O–H groups in total. The van der Waals surface area contributed by atoms with Gasteiger partial charge in [0.1, 0.15) is 5.82 Å². The van der Waals surface area contributed by atoms with Gasteiger partial charge in [0.25, 0.3) is 5.92 Å². The molecule has 1 atom stereocenters. The van der Waals surface area contributed by atoms with Crippen LogP contribution in [0.5, 0.6) is 0 Å². The van der Waals surface area contributed by atoms with E-state index in [1.54, 1.807) is 6.07 Å². The molecule has 0 amide bonds. The van der Waals surface area contributed by atoms with Crippen molar-refractivity contribution in [3.63, 3.8) is 0 Å². The second-order valence-electron chi connectivity index (χ2n) is 4.57. The lowest BCUT2D eigenvalue weighted by Crippen LogP contribution is -2.48. The zero-order chi connectivity index (χ0) is 12.3. The van der Waals surface area contributed by atoms with E-state index < -0.39 is 24.2 Å². The Balaban J connectivity index is 2.05. The van der Waals surface area contributed by atoms with Crippen molar-refractivity contribution in [2.24, 2.45) is 0 Å². The fourth-order valence-corrected chi connectivity index (χ4v) is 2.25. The highest BCUT2D eigenvalue weighted by atomic mass is 19.3. The van der Waals surface area contributed by atoms with Crippen LogP contribution in [0.4, 0.5) is 13.2 Å². The molecule has 1 aromatic rings. The molecule has 1 aliphatic rings. The molecule has 1 nitrogen and oxygen atoms in total. The van der Waals surface area contributed by atoms with Crippen LogP contribution in [-0.4, -0.2) is 18.5 Å². The minimum Gasteiger partial charge on any atom is -0.309 e. The van der Waals surface area contributed by atoms with E-state index in [4.69, 9.17) is 0 Å². The minimum atomic E-state index is -2.81. The van der Waals surface area contributed by atoms with Crippen molar-refractivity contribution in [3.8, 4) is 0 Å². The average Bonchev–Trinajstić information content (AvgIpc) is 2.29. The third-order valence-electron chi connectivity index (χ3n) is 3.15. The van der Waals surface area contributed by atoms with Crippen LogP contribution in [0.3, 0.4) is 0 Å². The summed E-state index contributed by atoms with van der Waals surface area (Å²) in [5.41, 5.74) is 0.349. The summed E-state index contributed by atoms with van der Waals surface area (Å²) in [7, 11) is 0. The van der Waals surface area contributed by atoms with Gasteiger partial charge in [-0.2, -0.15) is 0 Å². The molecule has 1 aliphatic heterocycles. The number of halogens is 3. The number of hydrogen-bond acceptors (Lipinski definition) is 1. The lowest BCUT2D eigenvalue weighted by molar-refractivity contribution is -0.0441. The highest BCUT2D eigenvalue weighted by molar-refractivity contribution is 5.18. The Bertz CT molecular complexity index is 373. The van der Waals surface area contributed by atoms with E-state index in [1.165, 1.54) is 18.2 Å². The number of alkyl halides is 2. The number of hydrogen-bond donors (Lipinski definition) is 1. The van der Waals surface area contributed by atoms with E-state index in [2.05, 4.69) is 5.32 Å². The van der Waals surface area contributed by atoms with Crippen LogP contribution in [0, 0.1) is 5.82 Å². The number of piperidine rings is 1. The topological polar surface area (TPSA) is 12.0 Å². The van der Waals surface area contributed by atoms with Crippen LogP contribution in [0.15, 0.2) is 24.3 Å². The molecule has 0 aromatic heterocycles. The van der Waals surface area contributed by atoms with Crippen LogP contribution >= 0.6 is 0 Å². The molecule has 17 heavy (non-hydrogen) atoms. The Morgan fingerprint density at radius 2 is 2.12 bits per heavy atom. The molecule has 0 spiro atoms. The fraction of sp³-hybridized carbons (Fsp3) is 0.538. The van der Waals surface area contributed by atoms with E-state index in [0.717, 1.165) is 12.8 Å². The molecule has 1 aromatic carbocycles. The zero-order valence-electron chi connectivity index (χ0n) is 9.56. The predicted octanol–water partition coefficient (Wildman–Crippen LogP) is 3.15. The van der Waals surface area contributed by atoms with Gasteiger partial charge in [-0.25, -0.2) is 13.2 Å². The molecule has 4 heteroatoms. The Labute approximate surface area is 99.0 Å². The van der Waals surface area contributed by atoms with Crippen LogP contribution in [0.25, 0.3) is 0 Å². The molecular formula is C13H16F3N. The van der Waals surface area contributed by atoms with Gasteiger partial charge >= 0.3 is 0 Å². The highest BCUT2D eigenvalue weighted by Crippen LogP contribution is 2.29. The third kappa shape index (κ3) is 3.22. The summed E-state index contributed by atoms with van der Waals surface area (Å²) < 4.78 is 40.8. The monoisotopic (exact) mass is 243 g/mol. The molecule has 0 radical (unpaired) electrons. The first-order chi connectivity index (χ1) is 8.08. The van der Waals surface area contributed by atoms with Gasteiger partial charge in [0.05, 0.1) is 6.04 Å². The van der Waals surface area contributed by atoms with E-state index in [-0.39, 0.29) is 0 Å². The molecule has 0 saturated carbocycles. The van der Waals surface area contributed by atoms with Crippen LogP contribution in [0.1, 0.15) is 24.8 Å². The lowest BCUT2D eigenvalue weighted by Gasteiger charge is -2.31. The normalized spacial score (nSPS) is 21.5. The maximum absolute atomic E-state index is 13.9. The summed E-state index contributed by atoms with van der Waals surface area (Å²) in [6.45, 7) is 0.642. The number of rotatable bonds is 3. The smallest absolute Gasteiger partial charge is 0.267 e. The Kier molecular flexibility index (Phi) is 3.72. The van der Waals surface area contributed by atoms with Crippen LogP contribution < -0.4 is 5.32 Å². The molecule has 0 bridgehead atoms. The summed E-state index contributed by atoms with van der Waals surface area (Å²) >= 11 is 0. The first-order valence-corrected chi connectivity index (χ1v) is 5.93. The Morgan fingerprint density at radius 3 is 2.76 bits per heavy atom. The Morgan fingerprint density at radius 1 is 1.29 bits per heavy atom.